The second-order valence-corrected chi connectivity index (χ2v) is 8.32. The van der Waals surface area contributed by atoms with Crippen molar-refractivity contribution in [2.75, 3.05) is 0 Å². The van der Waals surface area contributed by atoms with Crippen molar-refractivity contribution in [3.8, 4) is 0 Å². The van der Waals surface area contributed by atoms with Crippen molar-refractivity contribution in [3.63, 3.8) is 0 Å². The predicted molar refractivity (Wildman–Crippen MR) is 66.4 cm³/mol. The highest BCUT2D eigenvalue weighted by atomic mass is 16.4. The summed E-state index contributed by atoms with van der Waals surface area (Å²) in [6.45, 7) is 7.71. The van der Waals surface area contributed by atoms with Gasteiger partial charge >= 0.3 is 6.09 Å². The Morgan fingerprint density at radius 2 is 1.42 bits per heavy atom. The van der Waals surface area contributed by atoms with E-state index in [1.807, 2.05) is 20.8 Å². The molecule has 0 bridgehead atoms. The number of nitrogens with zero attached hydrogens (tertiary/aromatic N) is 1. The molecule has 1 amide bonds. The number of hydrogen-bond acceptors (Lipinski definition) is 2. The summed E-state index contributed by atoms with van der Waals surface area (Å²) >= 11 is 0. The van der Waals surface area contributed by atoms with Crippen molar-refractivity contribution >= 4 is 11.9 Å². The summed E-state index contributed by atoms with van der Waals surface area (Å²) in [6, 6.07) is 0. The van der Waals surface area contributed by atoms with Gasteiger partial charge < -0.3 is 5.11 Å². The van der Waals surface area contributed by atoms with Gasteiger partial charge in [-0.2, -0.15) is 0 Å². The van der Waals surface area contributed by atoms with E-state index in [2.05, 4.69) is 0 Å². The third-order valence-corrected chi connectivity index (χ3v) is 7.44. The van der Waals surface area contributed by atoms with E-state index in [1.165, 1.54) is 0 Å². The molecule has 102 valence electrons. The maximum absolute atomic E-state index is 11.9. The lowest BCUT2D eigenvalue weighted by Crippen LogP contribution is -3.16. The lowest BCUT2D eigenvalue weighted by atomic mass is 8.93. The van der Waals surface area contributed by atoms with Gasteiger partial charge in [0, 0.05) is 11.0 Å². The maximum atomic E-state index is 11.9. The molecule has 0 aromatic carbocycles. The Morgan fingerprint density at radius 1 is 1.00 bits per heavy atom. The number of rotatable bonds is 2. The highest BCUT2D eigenvalue weighted by Gasteiger charge is 3.12. The Labute approximate surface area is 112 Å². The molecule has 6 saturated carbocycles. The summed E-state index contributed by atoms with van der Waals surface area (Å²) in [4.78, 5) is 25.4. The average Bonchev–Trinajstić information content (AvgIpc) is 2.26. The van der Waals surface area contributed by atoms with Crippen LogP contribution in [0.15, 0.2) is 0 Å². The molecule has 0 heterocycles. The van der Waals surface area contributed by atoms with Gasteiger partial charge in [0.15, 0.2) is 0 Å². The normalized spacial score (nSPS) is 60.6. The zero-order chi connectivity index (χ0) is 13.7. The number of hydrogen-bond donors (Lipinski definition) is 1. The van der Waals surface area contributed by atoms with E-state index in [0.717, 1.165) is 0 Å². The Hall–Kier alpha value is -1.06. The summed E-state index contributed by atoms with van der Waals surface area (Å²) in [7, 11) is 0. The Morgan fingerprint density at radius 3 is 1.68 bits per heavy atom. The first-order valence-corrected chi connectivity index (χ1v) is 7.28. The number of ketones is 1. The minimum absolute atomic E-state index is 0.0316. The van der Waals surface area contributed by atoms with Gasteiger partial charge in [-0.25, -0.2) is 4.79 Å². The fourth-order valence-electron chi connectivity index (χ4n) is 7.66. The van der Waals surface area contributed by atoms with E-state index in [-0.39, 0.29) is 16.5 Å². The standard InChI is InChI=1S/C15H19NO3/c1-5(17)14-6-9-7(14)11-8(14)10(6)15(9,11)16(12(18)19)13(2,3)4/h6-11H,1-4H3,(H,18,19). The molecule has 6 fully saturated rings. The summed E-state index contributed by atoms with van der Waals surface area (Å²) in [6.07, 6.45) is -0.778. The maximum Gasteiger partial charge on any atom is 0.408 e. The minimum atomic E-state index is -0.778. The van der Waals surface area contributed by atoms with Gasteiger partial charge in [0.2, 0.25) is 0 Å². The lowest BCUT2D eigenvalue weighted by molar-refractivity contribution is -0.626. The highest BCUT2D eigenvalue weighted by Crippen LogP contribution is 3.08. The summed E-state index contributed by atoms with van der Waals surface area (Å²) in [5.41, 5.74) is -0.375. The molecule has 4 nitrogen and oxygen atoms in total. The van der Waals surface area contributed by atoms with E-state index in [9.17, 15) is 14.7 Å². The average molecular weight is 261 g/mol. The summed E-state index contributed by atoms with van der Waals surface area (Å²) in [5.74, 6) is 3.50. The molecule has 0 unspecified atom stereocenters. The lowest BCUT2D eigenvalue weighted by Gasteiger charge is -3.11. The van der Waals surface area contributed by atoms with Crippen LogP contribution in [-0.2, 0) is 4.79 Å². The van der Waals surface area contributed by atoms with Crippen molar-refractivity contribution in [2.45, 2.75) is 38.8 Å². The number of amides is 1. The van der Waals surface area contributed by atoms with Crippen LogP contribution >= 0.6 is 0 Å². The van der Waals surface area contributed by atoms with Crippen molar-refractivity contribution < 1.29 is 14.7 Å². The highest BCUT2D eigenvalue weighted by molar-refractivity contribution is 5.93. The Kier molecular flexibility index (Phi) is 1.25. The minimum Gasteiger partial charge on any atom is -0.465 e. The molecule has 6 aliphatic carbocycles. The van der Waals surface area contributed by atoms with Gasteiger partial charge in [-0.15, -0.1) is 0 Å². The zero-order valence-corrected chi connectivity index (χ0v) is 11.7. The SMILES string of the molecule is CC(=O)C12C3C4C1C1C2C3C41N(C(=O)O)C(C)(C)C. The van der Waals surface area contributed by atoms with Crippen LogP contribution in [0.25, 0.3) is 0 Å². The molecular weight excluding hydrogens is 242 g/mol. The monoisotopic (exact) mass is 261 g/mol. The van der Waals surface area contributed by atoms with Crippen LogP contribution in [0.1, 0.15) is 27.7 Å². The number of carboxylic acid groups (broad SMARTS) is 1. The molecule has 1 N–H and O–H groups in total. The molecule has 19 heavy (non-hydrogen) atoms. The van der Waals surface area contributed by atoms with Gasteiger partial charge in [-0.3, -0.25) is 9.69 Å². The number of carbonyl (C=O) groups is 2. The summed E-state index contributed by atoms with van der Waals surface area (Å²) in [5, 5.41) is 9.64. The fraction of sp³-hybridized carbons (Fsp3) is 0.867. The van der Waals surface area contributed by atoms with Crippen LogP contribution in [0.4, 0.5) is 4.79 Å². The number of Topliss-reactive ketones (excluding diaryl/α,β-unsaturated/α-hetero) is 1. The third-order valence-electron chi connectivity index (χ3n) is 7.44. The van der Waals surface area contributed by atoms with E-state index in [4.69, 9.17) is 0 Å². The first kappa shape index (κ1) is 10.7. The molecule has 0 saturated heterocycles. The van der Waals surface area contributed by atoms with Gasteiger partial charge in [-0.1, -0.05) is 0 Å². The van der Waals surface area contributed by atoms with Crippen LogP contribution in [0.2, 0.25) is 0 Å². The van der Waals surface area contributed by atoms with Crippen molar-refractivity contribution in [2.24, 2.45) is 40.9 Å². The number of carbonyl (C=O) groups excluding carboxylic acids is 1. The van der Waals surface area contributed by atoms with Crippen LogP contribution in [-0.4, -0.2) is 33.0 Å². The van der Waals surface area contributed by atoms with Gasteiger partial charge in [0.25, 0.3) is 0 Å². The van der Waals surface area contributed by atoms with Gasteiger partial charge in [-0.05, 0) is 63.2 Å². The first-order valence-electron chi connectivity index (χ1n) is 7.28. The molecular formula is C15H19NO3. The zero-order valence-electron chi connectivity index (χ0n) is 11.7. The van der Waals surface area contributed by atoms with E-state index >= 15 is 0 Å². The molecule has 0 spiro atoms. The fourth-order valence-corrected chi connectivity index (χ4v) is 7.66. The van der Waals surface area contributed by atoms with Gasteiger partial charge in [0.1, 0.15) is 5.78 Å². The quantitative estimate of drug-likeness (QED) is 0.825. The molecule has 6 aliphatic rings. The smallest absolute Gasteiger partial charge is 0.408 e. The van der Waals surface area contributed by atoms with Crippen LogP contribution in [0, 0.1) is 40.9 Å². The van der Waals surface area contributed by atoms with Crippen LogP contribution in [0.3, 0.4) is 0 Å². The molecule has 6 rings (SSSR count). The largest absolute Gasteiger partial charge is 0.465 e. The predicted octanol–water partition coefficient (Wildman–Crippen LogP) is 1.84. The van der Waals surface area contributed by atoms with E-state index < -0.39 is 6.09 Å². The van der Waals surface area contributed by atoms with Crippen LogP contribution < -0.4 is 0 Å². The van der Waals surface area contributed by atoms with Crippen molar-refractivity contribution in [1.82, 2.24) is 4.90 Å². The molecule has 0 atom stereocenters. The van der Waals surface area contributed by atoms with E-state index in [1.54, 1.807) is 11.8 Å². The van der Waals surface area contributed by atoms with Gasteiger partial charge in [0.05, 0.1) is 5.54 Å². The molecule has 0 aromatic heterocycles. The van der Waals surface area contributed by atoms with Crippen molar-refractivity contribution in [1.29, 1.82) is 0 Å². The molecule has 0 radical (unpaired) electrons. The van der Waals surface area contributed by atoms with Crippen LogP contribution in [0.5, 0.6) is 0 Å². The first-order chi connectivity index (χ1) is 8.74. The van der Waals surface area contributed by atoms with Crippen molar-refractivity contribution in [3.05, 3.63) is 0 Å². The molecule has 0 aromatic rings. The second-order valence-electron chi connectivity index (χ2n) is 8.32. The summed E-state index contributed by atoms with van der Waals surface area (Å²) < 4.78 is 0. The molecule has 0 aliphatic heterocycles. The second kappa shape index (κ2) is 2.23. The Balaban J connectivity index is 1.55. The molecule has 4 heteroatoms. The topological polar surface area (TPSA) is 57.6 Å². The Bertz CT molecular complexity index is 519. The van der Waals surface area contributed by atoms with E-state index in [0.29, 0.717) is 41.3 Å². The third kappa shape index (κ3) is 0.577.